The number of aromatic nitrogens is 2. The van der Waals surface area contributed by atoms with Gasteiger partial charge in [-0.2, -0.15) is 13.2 Å². The number of hydrogen-bond acceptors (Lipinski definition) is 10. The second-order valence-corrected chi connectivity index (χ2v) is 11.1. The first-order chi connectivity index (χ1) is 21.0. The smallest absolute Gasteiger partial charge is 0.376 e. The van der Waals surface area contributed by atoms with Crippen molar-refractivity contribution in [2.75, 3.05) is 49.3 Å². The third kappa shape index (κ3) is 6.44. The predicted octanol–water partition coefficient (Wildman–Crippen LogP) is 1.87. The summed E-state index contributed by atoms with van der Waals surface area (Å²) in [6, 6.07) is 8.15. The molecule has 1 aromatic carbocycles. The number of fused-ring (bicyclic) bond motifs is 1. The van der Waals surface area contributed by atoms with Crippen LogP contribution in [0.5, 0.6) is 0 Å². The molecule has 238 valence electrons. The molecular formula is C29H35F3N6O6. The Morgan fingerprint density at radius 1 is 1.09 bits per heavy atom. The van der Waals surface area contributed by atoms with Gasteiger partial charge in [-0.25, -0.2) is 9.59 Å². The van der Waals surface area contributed by atoms with Gasteiger partial charge < -0.3 is 19.8 Å². The van der Waals surface area contributed by atoms with Crippen LogP contribution in [0.2, 0.25) is 0 Å². The first-order valence-corrected chi connectivity index (χ1v) is 14.5. The Labute approximate surface area is 251 Å². The van der Waals surface area contributed by atoms with Crippen molar-refractivity contribution in [3.63, 3.8) is 0 Å². The zero-order chi connectivity index (χ0) is 31.6. The summed E-state index contributed by atoms with van der Waals surface area (Å²) in [6.45, 7) is 5.07. The molecule has 1 aromatic heterocycles. The van der Waals surface area contributed by atoms with Crippen molar-refractivity contribution < 1.29 is 32.3 Å². The summed E-state index contributed by atoms with van der Waals surface area (Å²) in [5.41, 5.74) is -0.815. The Morgan fingerprint density at radius 2 is 1.80 bits per heavy atom. The van der Waals surface area contributed by atoms with Crippen molar-refractivity contribution in [2.24, 2.45) is 0 Å². The molecule has 3 aliphatic rings. The fourth-order valence-electron chi connectivity index (χ4n) is 5.61. The number of hydrogen-bond donors (Lipinski definition) is 1. The minimum atomic E-state index is -5.35. The molecule has 44 heavy (non-hydrogen) atoms. The molecule has 2 atom stereocenters. The molecule has 1 N–H and O–H groups in total. The van der Waals surface area contributed by atoms with Gasteiger partial charge in [0.2, 0.25) is 0 Å². The molecule has 0 radical (unpaired) electrons. The molecule has 0 spiro atoms. The maximum atomic E-state index is 14.2. The van der Waals surface area contributed by atoms with Crippen molar-refractivity contribution >= 4 is 23.3 Å². The van der Waals surface area contributed by atoms with Crippen molar-refractivity contribution in [3.8, 4) is 0 Å². The van der Waals surface area contributed by atoms with E-state index in [0.29, 0.717) is 45.6 Å². The van der Waals surface area contributed by atoms with E-state index in [0.717, 1.165) is 19.8 Å². The number of Topliss-reactive ketones (excluding diaryl/α,β-unsaturated/α-hetero) is 1. The van der Waals surface area contributed by atoms with Crippen LogP contribution in [0.15, 0.2) is 51.6 Å². The number of anilines is 2. The van der Waals surface area contributed by atoms with Crippen LogP contribution in [0.3, 0.4) is 0 Å². The lowest BCUT2D eigenvalue weighted by Gasteiger charge is -2.40. The summed E-state index contributed by atoms with van der Waals surface area (Å²) < 4.78 is 48.5. The molecule has 0 saturated carbocycles. The second-order valence-electron chi connectivity index (χ2n) is 11.1. The molecular weight excluding hydrogens is 585 g/mol. The minimum absolute atomic E-state index is 0.0456. The molecule has 3 aliphatic heterocycles. The Kier molecular flexibility index (Phi) is 9.27. The SMILES string of the molecule is CC(C)=CCN1c2c(n(CC3CCCO3)c(=O)n(CC(=O)c3ccccc3)c2=O)N(OC(=O)C(F)(F)F)C1N1CCNCC1. The van der Waals surface area contributed by atoms with Gasteiger partial charge >= 0.3 is 17.8 Å². The normalized spacial score (nSPS) is 20.5. The zero-order valence-electron chi connectivity index (χ0n) is 24.5. The standard InChI is InChI=1S/C29H35F3N6O6/c1-19(2)10-13-35-23-24(38(44-26(41)29(30,31)32)27(35)34-14-11-33-12-15-34)36(17-21-9-6-16-43-21)28(42)37(25(23)40)18-22(39)20-7-4-3-5-8-20/h3-5,7-8,10,21,27,33H,6,9,11-18H2,1-2H3. The highest BCUT2D eigenvalue weighted by molar-refractivity contribution is 5.96. The summed E-state index contributed by atoms with van der Waals surface area (Å²) in [5.74, 6) is -3.28. The monoisotopic (exact) mass is 620 g/mol. The highest BCUT2D eigenvalue weighted by atomic mass is 19.4. The van der Waals surface area contributed by atoms with E-state index in [-0.39, 0.29) is 30.2 Å². The number of halogens is 3. The molecule has 0 aliphatic carbocycles. The van der Waals surface area contributed by atoms with E-state index in [4.69, 9.17) is 9.57 Å². The molecule has 2 aromatic rings. The molecule has 5 rings (SSSR count). The van der Waals surface area contributed by atoms with E-state index in [9.17, 15) is 32.3 Å². The van der Waals surface area contributed by atoms with Crippen LogP contribution in [0.25, 0.3) is 0 Å². The number of carbonyl (C=O) groups is 2. The number of piperazine rings is 1. The Hall–Kier alpha value is -3.95. The maximum absolute atomic E-state index is 14.2. The van der Waals surface area contributed by atoms with Crippen LogP contribution < -0.4 is 26.5 Å². The van der Waals surface area contributed by atoms with Gasteiger partial charge in [0.15, 0.2) is 23.6 Å². The number of nitrogens with one attached hydrogen (secondary N) is 1. The van der Waals surface area contributed by atoms with E-state index < -0.39 is 48.1 Å². The summed E-state index contributed by atoms with van der Waals surface area (Å²) in [4.78, 5) is 62.2. The van der Waals surface area contributed by atoms with Crippen LogP contribution in [0, 0.1) is 0 Å². The van der Waals surface area contributed by atoms with Gasteiger partial charge in [0.25, 0.3) is 5.56 Å². The molecule has 0 amide bonds. The summed E-state index contributed by atoms with van der Waals surface area (Å²) >= 11 is 0. The lowest BCUT2D eigenvalue weighted by molar-refractivity contribution is -0.203. The lowest BCUT2D eigenvalue weighted by atomic mass is 10.1. The molecule has 4 heterocycles. The number of rotatable bonds is 9. The average Bonchev–Trinajstić information content (AvgIpc) is 3.62. The molecule has 2 unspecified atom stereocenters. The van der Waals surface area contributed by atoms with E-state index in [1.165, 1.54) is 4.90 Å². The fourth-order valence-corrected chi connectivity index (χ4v) is 5.61. The van der Waals surface area contributed by atoms with Crippen LogP contribution >= 0.6 is 0 Å². The van der Waals surface area contributed by atoms with Crippen LogP contribution in [0.1, 0.15) is 37.0 Å². The maximum Gasteiger partial charge on any atom is 0.493 e. The fraction of sp³-hybridized carbons (Fsp3) is 0.517. The Balaban J connectivity index is 1.73. The van der Waals surface area contributed by atoms with E-state index in [1.807, 2.05) is 13.8 Å². The van der Waals surface area contributed by atoms with Crippen LogP contribution in [-0.2, 0) is 27.5 Å². The Morgan fingerprint density at radius 3 is 2.41 bits per heavy atom. The average molecular weight is 621 g/mol. The molecule has 2 fully saturated rings. The van der Waals surface area contributed by atoms with E-state index in [1.54, 1.807) is 41.3 Å². The lowest BCUT2D eigenvalue weighted by Crippen LogP contribution is -2.61. The quantitative estimate of drug-likeness (QED) is 0.329. The molecule has 15 heteroatoms. The van der Waals surface area contributed by atoms with Crippen molar-refractivity contribution in [2.45, 2.75) is 58.3 Å². The summed E-state index contributed by atoms with van der Waals surface area (Å²) in [7, 11) is 0. The van der Waals surface area contributed by atoms with Gasteiger partial charge in [0.1, 0.15) is 0 Å². The van der Waals surface area contributed by atoms with E-state index in [2.05, 4.69) is 5.32 Å². The number of carbonyl (C=O) groups excluding carboxylic acids is 2. The van der Waals surface area contributed by atoms with Crippen molar-refractivity contribution in [1.29, 1.82) is 0 Å². The van der Waals surface area contributed by atoms with Gasteiger partial charge in [0.05, 0.1) is 19.2 Å². The highest BCUT2D eigenvalue weighted by Gasteiger charge is 2.51. The molecule has 0 bridgehead atoms. The van der Waals surface area contributed by atoms with Crippen LogP contribution in [0.4, 0.5) is 24.7 Å². The Bertz CT molecular complexity index is 1520. The number of hydroxylamine groups is 1. The van der Waals surface area contributed by atoms with Crippen molar-refractivity contribution in [1.82, 2.24) is 19.4 Å². The van der Waals surface area contributed by atoms with Gasteiger partial charge in [-0.1, -0.05) is 42.0 Å². The highest BCUT2D eigenvalue weighted by Crippen LogP contribution is 2.39. The van der Waals surface area contributed by atoms with Crippen molar-refractivity contribution in [3.05, 3.63) is 68.4 Å². The van der Waals surface area contributed by atoms with E-state index >= 15 is 0 Å². The topological polar surface area (TPSA) is 118 Å². The number of ketones is 1. The van der Waals surface area contributed by atoms with Gasteiger partial charge in [0, 0.05) is 44.9 Å². The van der Waals surface area contributed by atoms with Gasteiger partial charge in [-0.3, -0.25) is 23.6 Å². The summed E-state index contributed by atoms with van der Waals surface area (Å²) in [6.07, 6.45) is -3.97. The third-order valence-electron chi connectivity index (χ3n) is 7.76. The zero-order valence-corrected chi connectivity index (χ0v) is 24.5. The largest absolute Gasteiger partial charge is 0.493 e. The number of alkyl halides is 3. The number of allylic oxidation sites excluding steroid dienone is 1. The van der Waals surface area contributed by atoms with Gasteiger partial charge in [-0.05, 0) is 26.7 Å². The minimum Gasteiger partial charge on any atom is -0.376 e. The number of ether oxygens (including phenoxy) is 1. The first kappa shape index (κ1) is 31.5. The number of nitrogens with zero attached hydrogens (tertiary/aromatic N) is 5. The second kappa shape index (κ2) is 13.0. The number of benzene rings is 1. The predicted molar refractivity (Wildman–Crippen MR) is 154 cm³/mol. The van der Waals surface area contributed by atoms with Gasteiger partial charge in [-0.15, -0.1) is 5.06 Å². The molecule has 2 saturated heterocycles. The summed E-state index contributed by atoms with van der Waals surface area (Å²) in [5, 5.41) is 3.91. The third-order valence-corrected chi connectivity index (χ3v) is 7.76. The first-order valence-electron chi connectivity index (χ1n) is 14.5. The molecule has 12 nitrogen and oxygen atoms in total. The van der Waals surface area contributed by atoms with Crippen LogP contribution in [-0.4, -0.2) is 83.7 Å².